The number of aromatic nitrogens is 1. The predicted octanol–water partition coefficient (Wildman–Crippen LogP) is 5.34. The molecule has 2 atom stereocenters. The van der Waals surface area contributed by atoms with Gasteiger partial charge >= 0.3 is 0 Å². The highest BCUT2D eigenvalue weighted by Crippen LogP contribution is 2.43. The number of amides is 1. The number of hydrogen-bond donors (Lipinski definition) is 0. The van der Waals surface area contributed by atoms with E-state index in [1.54, 1.807) is 19.2 Å². The number of carbonyl (C=O) groups is 1. The summed E-state index contributed by atoms with van der Waals surface area (Å²) in [6.07, 6.45) is 1.77. The zero-order valence-corrected chi connectivity index (χ0v) is 21.2. The van der Waals surface area contributed by atoms with Crippen molar-refractivity contribution in [1.82, 2.24) is 9.58 Å². The zero-order chi connectivity index (χ0) is 24.2. The summed E-state index contributed by atoms with van der Waals surface area (Å²) in [6, 6.07) is 18.6. The number of benzene rings is 2. The van der Waals surface area contributed by atoms with Gasteiger partial charge < -0.3 is 4.90 Å². The van der Waals surface area contributed by atoms with Crippen molar-refractivity contribution < 1.29 is 4.79 Å². The SMILES string of the molecule is Cc1c2n(ccc1=O)N(C1c3ccccc3CSc3ccccc31)CN([C@H](C)C(C)(C)C)C2=O. The molecule has 0 N–H and O–H groups in total. The van der Waals surface area contributed by atoms with Crippen LogP contribution in [0.3, 0.4) is 0 Å². The molecule has 0 bridgehead atoms. The maximum absolute atomic E-state index is 13.8. The number of pyridine rings is 1. The number of carbonyl (C=O) groups excluding carboxylic acids is 1. The van der Waals surface area contributed by atoms with Crippen molar-refractivity contribution in [3.63, 3.8) is 0 Å². The Morgan fingerprint density at radius 3 is 2.38 bits per heavy atom. The molecule has 2 aliphatic heterocycles. The van der Waals surface area contributed by atoms with Gasteiger partial charge in [-0.2, -0.15) is 0 Å². The van der Waals surface area contributed by atoms with Crippen LogP contribution in [-0.2, 0) is 5.75 Å². The molecule has 6 heteroatoms. The first kappa shape index (κ1) is 22.8. The normalized spacial score (nSPS) is 18.6. The number of nitrogens with zero attached hydrogens (tertiary/aromatic N) is 3. The Kier molecular flexibility index (Phi) is 5.59. The van der Waals surface area contributed by atoms with Crippen LogP contribution in [0.4, 0.5) is 0 Å². The molecule has 3 aromatic rings. The van der Waals surface area contributed by atoms with Crippen LogP contribution in [0.15, 0.2) is 70.5 Å². The topological polar surface area (TPSA) is 45.6 Å². The van der Waals surface area contributed by atoms with Gasteiger partial charge in [-0.1, -0.05) is 63.2 Å². The van der Waals surface area contributed by atoms with E-state index < -0.39 is 0 Å². The average molecular weight is 474 g/mol. The smallest absolute Gasteiger partial charge is 0.274 e. The van der Waals surface area contributed by atoms with Crippen LogP contribution in [0, 0.1) is 12.3 Å². The minimum absolute atomic E-state index is 0.0170. The summed E-state index contributed by atoms with van der Waals surface area (Å²) in [5.74, 6) is 0.813. The molecule has 176 valence electrons. The lowest BCUT2D eigenvalue weighted by molar-refractivity contribution is 0.0457. The van der Waals surface area contributed by atoms with Crippen LogP contribution >= 0.6 is 11.8 Å². The van der Waals surface area contributed by atoms with Crippen LogP contribution in [0.5, 0.6) is 0 Å². The van der Waals surface area contributed by atoms with Gasteiger partial charge in [0.05, 0.1) is 6.04 Å². The van der Waals surface area contributed by atoms with Crippen LogP contribution in [0.1, 0.15) is 66.5 Å². The lowest BCUT2D eigenvalue weighted by atomic mass is 9.86. The minimum Gasteiger partial charge on any atom is -0.315 e. The van der Waals surface area contributed by atoms with Gasteiger partial charge in [0, 0.05) is 34.5 Å². The van der Waals surface area contributed by atoms with Crippen molar-refractivity contribution >= 4 is 17.7 Å². The monoisotopic (exact) mass is 473 g/mol. The molecule has 0 fully saturated rings. The lowest BCUT2D eigenvalue weighted by Crippen LogP contribution is -2.60. The van der Waals surface area contributed by atoms with Gasteiger partial charge in [0.2, 0.25) is 0 Å². The van der Waals surface area contributed by atoms with Crippen LogP contribution in [-0.4, -0.2) is 28.2 Å². The van der Waals surface area contributed by atoms with Gasteiger partial charge in [0.15, 0.2) is 5.43 Å². The molecule has 2 aromatic carbocycles. The van der Waals surface area contributed by atoms with Crippen molar-refractivity contribution in [2.75, 3.05) is 11.7 Å². The standard InChI is InChI=1S/C28H31N3O2S/c1-18-23(32)14-15-30-25(18)27(33)29(19(2)28(3,4)5)17-31(30)26-21-11-7-6-10-20(21)16-34-24-13-9-8-12-22(24)26/h6-15,19,26H,16-17H2,1-5H3/t19-,26?/m1/s1. The summed E-state index contributed by atoms with van der Waals surface area (Å²) in [7, 11) is 0. The molecule has 34 heavy (non-hydrogen) atoms. The summed E-state index contributed by atoms with van der Waals surface area (Å²) in [5, 5.41) is 2.26. The van der Waals surface area contributed by atoms with Gasteiger partial charge in [-0.25, -0.2) is 0 Å². The molecule has 1 amide bonds. The minimum atomic E-state index is -0.110. The fraction of sp³-hybridized carbons (Fsp3) is 0.357. The van der Waals surface area contributed by atoms with E-state index in [0.717, 1.165) is 5.75 Å². The average Bonchev–Trinajstić information content (AvgIpc) is 2.97. The molecule has 1 unspecified atom stereocenters. The predicted molar refractivity (Wildman–Crippen MR) is 138 cm³/mol. The number of thioether (sulfide) groups is 1. The fourth-order valence-electron chi connectivity index (χ4n) is 4.91. The molecule has 0 aliphatic carbocycles. The molecule has 2 aliphatic rings. The first-order valence-corrected chi connectivity index (χ1v) is 12.8. The van der Waals surface area contributed by atoms with E-state index >= 15 is 0 Å². The molecule has 0 radical (unpaired) electrons. The Morgan fingerprint density at radius 2 is 1.65 bits per heavy atom. The third-order valence-corrected chi connectivity index (χ3v) is 8.46. The highest BCUT2D eigenvalue weighted by atomic mass is 32.2. The molecule has 0 spiro atoms. The van der Waals surface area contributed by atoms with E-state index in [0.29, 0.717) is 17.9 Å². The maximum atomic E-state index is 13.8. The molecule has 1 aromatic heterocycles. The Morgan fingerprint density at radius 1 is 0.971 bits per heavy atom. The fourth-order valence-corrected chi connectivity index (χ4v) is 6.00. The molecule has 0 saturated carbocycles. The molecule has 5 nitrogen and oxygen atoms in total. The summed E-state index contributed by atoms with van der Waals surface area (Å²) in [5.41, 5.74) is 4.48. The highest BCUT2D eigenvalue weighted by Gasteiger charge is 2.41. The van der Waals surface area contributed by atoms with Crippen LogP contribution < -0.4 is 10.4 Å². The first-order chi connectivity index (χ1) is 16.2. The first-order valence-electron chi connectivity index (χ1n) is 11.8. The van der Waals surface area contributed by atoms with Crippen molar-refractivity contribution in [3.8, 4) is 0 Å². The van der Waals surface area contributed by atoms with Crippen LogP contribution in [0.25, 0.3) is 0 Å². The number of hydrogen-bond acceptors (Lipinski definition) is 4. The third kappa shape index (κ3) is 3.65. The Bertz CT molecular complexity index is 1280. The second-order valence-corrected chi connectivity index (χ2v) is 11.3. The number of rotatable bonds is 2. The lowest BCUT2D eigenvalue weighted by Gasteiger charge is -2.48. The summed E-state index contributed by atoms with van der Waals surface area (Å²) in [4.78, 5) is 29.6. The summed E-state index contributed by atoms with van der Waals surface area (Å²) < 4.78 is 1.93. The Labute approximate surface area is 205 Å². The maximum Gasteiger partial charge on any atom is 0.274 e. The van der Waals surface area contributed by atoms with E-state index in [4.69, 9.17) is 0 Å². The molecule has 5 rings (SSSR count). The van der Waals surface area contributed by atoms with E-state index in [-0.39, 0.29) is 28.8 Å². The van der Waals surface area contributed by atoms with E-state index in [9.17, 15) is 9.59 Å². The largest absolute Gasteiger partial charge is 0.315 e. The van der Waals surface area contributed by atoms with Crippen molar-refractivity contribution in [3.05, 3.63) is 99.0 Å². The molecular formula is C28H31N3O2S. The van der Waals surface area contributed by atoms with Crippen LogP contribution in [0.2, 0.25) is 0 Å². The quantitative estimate of drug-likeness (QED) is 0.504. The van der Waals surface area contributed by atoms with Gasteiger partial charge in [0.1, 0.15) is 12.4 Å². The van der Waals surface area contributed by atoms with Crippen molar-refractivity contribution in [1.29, 1.82) is 0 Å². The van der Waals surface area contributed by atoms with Crippen molar-refractivity contribution in [2.45, 2.75) is 57.4 Å². The van der Waals surface area contributed by atoms with Crippen molar-refractivity contribution in [2.24, 2.45) is 5.41 Å². The van der Waals surface area contributed by atoms with Gasteiger partial charge in [-0.3, -0.25) is 19.3 Å². The van der Waals surface area contributed by atoms with E-state index in [1.807, 2.05) is 21.3 Å². The summed E-state index contributed by atoms with van der Waals surface area (Å²) >= 11 is 1.85. The van der Waals surface area contributed by atoms with Gasteiger partial charge in [0.25, 0.3) is 5.91 Å². The second kappa shape index (κ2) is 8.35. The second-order valence-electron chi connectivity index (χ2n) is 10.3. The van der Waals surface area contributed by atoms with E-state index in [1.165, 1.54) is 21.6 Å². The Hall–Kier alpha value is -2.99. The zero-order valence-electron chi connectivity index (χ0n) is 20.4. The third-order valence-electron chi connectivity index (χ3n) is 7.32. The van der Waals surface area contributed by atoms with Gasteiger partial charge in [-0.05, 0) is 42.0 Å². The highest BCUT2D eigenvalue weighted by molar-refractivity contribution is 7.98. The Balaban J connectivity index is 1.77. The molecule has 0 saturated heterocycles. The number of fused-ring (bicyclic) bond motifs is 3. The molecule has 3 heterocycles. The summed E-state index contributed by atoms with van der Waals surface area (Å²) in [6.45, 7) is 10.8. The van der Waals surface area contributed by atoms with Gasteiger partial charge in [-0.15, -0.1) is 11.8 Å². The molecular weight excluding hydrogens is 442 g/mol. The van der Waals surface area contributed by atoms with E-state index in [2.05, 4.69) is 81.2 Å².